The van der Waals surface area contributed by atoms with Crippen LogP contribution in [0, 0.1) is 0 Å². The highest BCUT2D eigenvalue weighted by molar-refractivity contribution is 7.93. The molecule has 2 aromatic rings. The number of rotatable bonds is 4. The second-order valence-electron chi connectivity index (χ2n) is 5.30. The summed E-state index contributed by atoms with van der Waals surface area (Å²) in [5, 5.41) is 8.96. The topological polar surface area (TPSA) is 95.9 Å². The van der Waals surface area contributed by atoms with Crippen molar-refractivity contribution in [1.29, 1.82) is 0 Å². The van der Waals surface area contributed by atoms with Crippen LogP contribution < -0.4 is 14.5 Å². The SMILES string of the molecule is COc1ccc(S(=O)(=O)N2c3ccccc3CC2C(=O)NO)cc1. The van der Waals surface area contributed by atoms with Crippen molar-refractivity contribution >= 4 is 21.6 Å². The fourth-order valence-electron chi connectivity index (χ4n) is 2.79. The molecular formula is C16H16N2O5S. The van der Waals surface area contributed by atoms with Crippen molar-refractivity contribution < 1.29 is 23.2 Å². The molecular weight excluding hydrogens is 332 g/mol. The second kappa shape index (κ2) is 6.14. The molecule has 0 spiro atoms. The molecule has 1 aliphatic heterocycles. The predicted octanol–water partition coefficient (Wildman–Crippen LogP) is 1.32. The van der Waals surface area contributed by atoms with E-state index in [0.29, 0.717) is 11.4 Å². The summed E-state index contributed by atoms with van der Waals surface area (Å²) in [4.78, 5) is 12.0. The lowest BCUT2D eigenvalue weighted by molar-refractivity contribution is -0.130. The lowest BCUT2D eigenvalue weighted by atomic mass is 10.1. The average Bonchev–Trinajstić information content (AvgIpc) is 3.01. The van der Waals surface area contributed by atoms with Crippen LogP contribution in [0.5, 0.6) is 5.75 Å². The van der Waals surface area contributed by atoms with E-state index in [9.17, 15) is 13.2 Å². The normalized spacial score (nSPS) is 16.6. The minimum absolute atomic E-state index is 0.0377. The molecule has 0 radical (unpaired) electrons. The molecule has 7 nitrogen and oxygen atoms in total. The van der Waals surface area contributed by atoms with Crippen LogP contribution in [-0.4, -0.2) is 32.7 Å². The summed E-state index contributed by atoms with van der Waals surface area (Å²) >= 11 is 0. The van der Waals surface area contributed by atoms with Crippen molar-refractivity contribution in [3.8, 4) is 5.75 Å². The molecule has 0 bridgehead atoms. The summed E-state index contributed by atoms with van der Waals surface area (Å²) in [6.07, 6.45) is 0.192. The Labute approximate surface area is 139 Å². The number of methoxy groups -OCH3 is 1. The summed E-state index contributed by atoms with van der Waals surface area (Å²) in [5.41, 5.74) is 2.71. The molecule has 1 amide bonds. The van der Waals surface area contributed by atoms with E-state index in [4.69, 9.17) is 9.94 Å². The number of fused-ring (bicyclic) bond motifs is 1. The molecule has 0 aliphatic carbocycles. The third-order valence-electron chi connectivity index (χ3n) is 3.95. The molecule has 8 heteroatoms. The number of carbonyl (C=O) groups is 1. The first-order valence-corrected chi connectivity index (χ1v) is 8.63. The lowest BCUT2D eigenvalue weighted by Crippen LogP contribution is -2.47. The maximum Gasteiger partial charge on any atom is 0.267 e. The number of benzene rings is 2. The van der Waals surface area contributed by atoms with Crippen LogP contribution in [0.2, 0.25) is 0 Å². The Morgan fingerprint density at radius 3 is 2.50 bits per heavy atom. The molecule has 1 atom stereocenters. The number of carbonyl (C=O) groups excluding carboxylic acids is 1. The Morgan fingerprint density at radius 1 is 1.21 bits per heavy atom. The van der Waals surface area contributed by atoms with E-state index in [1.54, 1.807) is 29.7 Å². The van der Waals surface area contributed by atoms with Gasteiger partial charge < -0.3 is 4.74 Å². The van der Waals surface area contributed by atoms with Gasteiger partial charge in [-0.1, -0.05) is 18.2 Å². The smallest absolute Gasteiger partial charge is 0.267 e. The van der Waals surface area contributed by atoms with E-state index in [2.05, 4.69) is 0 Å². The van der Waals surface area contributed by atoms with Crippen LogP contribution in [0.15, 0.2) is 53.4 Å². The molecule has 1 heterocycles. The molecule has 126 valence electrons. The molecule has 0 saturated carbocycles. The van der Waals surface area contributed by atoms with Gasteiger partial charge in [0, 0.05) is 6.42 Å². The Kier molecular flexibility index (Phi) is 4.16. The summed E-state index contributed by atoms with van der Waals surface area (Å²) in [7, 11) is -2.49. The minimum atomic E-state index is -3.98. The van der Waals surface area contributed by atoms with Gasteiger partial charge in [-0.2, -0.15) is 0 Å². The van der Waals surface area contributed by atoms with Crippen LogP contribution in [0.25, 0.3) is 0 Å². The highest BCUT2D eigenvalue weighted by Gasteiger charge is 2.42. The van der Waals surface area contributed by atoms with Gasteiger partial charge in [0.1, 0.15) is 11.8 Å². The van der Waals surface area contributed by atoms with Gasteiger partial charge in [-0.15, -0.1) is 0 Å². The van der Waals surface area contributed by atoms with Crippen molar-refractivity contribution in [2.75, 3.05) is 11.4 Å². The zero-order valence-electron chi connectivity index (χ0n) is 12.8. The van der Waals surface area contributed by atoms with Crippen molar-refractivity contribution in [2.24, 2.45) is 0 Å². The first kappa shape index (κ1) is 16.3. The molecule has 0 saturated heterocycles. The fraction of sp³-hybridized carbons (Fsp3) is 0.188. The summed E-state index contributed by atoms with van der Waals surface area (Å²) in [5.74, 6) is -0.247. The number of amides is 1. The van der Waals surface area contributed by atoms with Crippen LogP contribution in [0.4, 0.5) is 5.69 Å². The molecule has 0 aromatic heterocycles. The van der Waals surface area contributed by atoms with Gasteiger partial charge in [-0.05, 0) is 35.9 Å². The Morgan fingerprint density at radius 2 is 1.88 bits per heavy atom. The number of nitrogens with zero attached hydrogens (tertiary/aromatic N) is 1. The fourth-order valence-corrected chi connectivity index (χ4v) is 4.44. The average molecular weight is 348 g/mol. The van der Waals surface area contributed by atoms with Gasteiger partial charge in [0.25, 0.3) is 15.9 Å². The first-order valence-electron chi connectivity index (χ1n) is 7.19. The van der Waals surface area contributed by atoms with E-state index in [1.165, 1.54) is 31.4 Å². The lowest BCUT2D eigenvalue weighted by Gasteiger charge is -2.25. The molecule has 2 aromatic carbocycles. The van der Waals surface area contributed by atoms with Crippen LogP contribution in [0.3, 0.4) is 0 Å². The van der Waals surface area contributed by atoms with Gasteiger partial charge in [0.15, 0.2) is 0 Å². The van der Waals surface area contributed by atoms with Crippen LogP contribution in [0.1, 0.15) is 5.56 Å². The molecule has 2 N–H and O–H groups in total. The molecule has 1 unspecified atom stereocenters. The number of ether oxygens (including phenoxy) is 1. The standard InChI is InChI=1S/C16H16N2O5S/c1-23-12-6-8-13(9-7-12)24(21,22)18-14-5-3-2-4-11(14)10-15(18)16(19)17-20/h2-9,15,20H,10H2,1H3,(H,17,19). The third-order valence-corrected chi connectivity index (χ3v) is 5.79. The number of hydroxylamine groups is 1. The summed E-state index contributed by atoms with van der Waals surface area (Å²) < 4.78 is 32.2. The molecule has 1 aliphatic rings. The predicted molar refractivity (Wildman–Crippen MR) is 86.5 cm³/mol. The van der Waals surface area contributed by atoms with Gasteiger partial charge in [-0.3, -0.25) is 14.3 Å². The quantitative estimate of drug-likeness (QED) is 0.642. The van der Waals surface area contributed by atoms with E-state index in [-0.39, 0.29) is 11.3 Å². The monoisotopic (exact) mass is 348 g/mol. The first-order chi connectivity index (χ1) is 11.5. The number of nitrogens with one attached hydrogen (secondary N) is 1. The number of sulfonamides is 1. The van der Waals surface area contributed by atoms with E-state index >= 15 is 0 Å². The van der Waals surface area contributed by atoms with E-state index < -0.39 is 22.0 Å². The van der Waals surface area contributed by atoms with Gasteiger partial charge >= 0.3 is 0 Å². The number of hydrogen-bond acceptors (Lipinski definition) is 5. The largest absolute Gasteiger partial charge is 0.497 e. The maximum absolute atomic E-state index is 13.1. The Bertz CT molecular complexity index is 864. The van der Waals surface area contributed by atoms with Crippen LogP contribution in [-0.2, 0) is 21.2 Å². The summed E-state index contributed by atoms with van der Waals surface area (Å²) in [6.45, 7) is 0. The van der Waals surface area contributed by atoms with Crippen molar-refractivity contribution in [2.45, 2.75) is 17.4 Å². The summed E-state index contributed by atoms with van der Waals surface area (Å²) in [6, 6.07) is 11.7. The molecule has 3 rings (SSSR count). The third kappa shape index (κ3) is 2.59. The zero-order valence-corrected chi connectivity index (χ0v) is 13.7. The number of para-hydroxylation sites is 1. The highest BCUT2D eigenvalue weighted by atomic mass is 32.2. The highest BCUT2D eigenvalue weighted by Crippen LogP contribution is 2.37. The maximum atomic E-state index is 13.1. The Hall–Kier alpha value is -2.58. The molecule has 24 heavy (non-hydrogen) atoms. The zero-order chi connectivity index (χ0) is 17.3. The van der Waals surface area contributed by atoms with Crippen LogP contribution >= 0.6 is 0 Å². The van der Waals surface area contributed by atoms with Crippen molar-refractivity contribution in [3.63, 3.8) is 0 Å². The van der Waals surface area contributed by atoms with E-state index in [0.717, 1.165) is 9.87 Å². The minimum Gasteiger partial charge on any atom is -0.497 e. The number of anilines is 1. The van der Waals surface area contributed by atoms with E-state index in [1.807, 2.05) is 0 Å². The van der Waals surface area contributed by atoms with Crippen molar-refractivity contribution in [1.82, 2.24) is 5.48 Å². The second-order valence-corrected chi connectivity index (χ2v) is 7.12. The van der Waals surface area contributed by atoms with Gasteiger partial charge in [0.2, 0.25) is 0 Å². The van der Waals surface area contributed by atoms with Gasteiger partial charge in [0.05, 0.1) is 17.7 Å². The molecule has 0 fully saturated rings. The van der Waals surface area contributed by atoms with Crippen molar-refractivity contribution in [3.05, 3.63) is 54.1 Å². The number of hydrogen-bond donors (Lipinski definition) is 2. The van der Waals surface area contributed by atoms with Gasteiger partial charge in [-0.25, -0.2) is 13.9 Å². The Balaban J connectivity index is 2.10.